The molecule has 1 rings (SSSR count). The Labute approximate surface area is 63.4 Å². The largest absolute Gasteiger partial charge is 0.269 e. The molecule has 2 N–H and O–H groups in total. The van der Waals surface area contributed by atoms with Crippen LogP contribution in [0.1, 0.15) is 39.0 Å². The molecule has 0 heterocycles. The third-order valence-corrected chi connectivity index (χ3v) is 2.41. The molecule has 0 aromatic rings. The minimum absolute atomic E-state index is 0.679. The molecule has 0 spiro atoms. The second kappa shape index (κ2) is 3.94. The first-order chi connectivity index (χ1) is 4.84. The summed E-state index contributed by atoms with van der Waals surface area (Å²) in [5.74, 6) is 5.78. The summed E-state index contributed by atoms with van der Waals surface area (Å²) in [5, 5.41) is 1.99. The third-order valence-electron chi connectivity index (χ3n) is 2.41. The standard InChI is InChI=1S/C8H18N2/c1-2-10(9)8-6-4-3-5-7-8/h8H,2-7,9H2,1H3. The van der Waals surface area contributed by atoms with E-state index < -0.39 is 0 Å². The predicted molar refractivity (Wildman–Crippen MR) is 43.4 cm³/mol. The van der Waals surface area contributed by atoms with Gasteiger partial charge in [-0.05, 0) is 12.8 Å². The summed E-state index contributed by atoms with van der Waals surface area (Å²) >= 11 is 0. The van der Waals surface area contributed by atoms with Gasteiger partial charge in [0.05, 0.1) is 0 Å². The van der Waals surface area contributed by atoms with E-state index in [1.807, 2.05) is 5.01 Å². The zero-order valence-corrected chi connectivity index (χ0v) is 6.84. The number of nitrogens with zero attached hydrogens (tertiary/aromatic N) is 1. The van der Waals surface area contributed by atoms with Crippen LogP contribution < -0.4 is 5.84 Å². The highest BCUT2D eigenvalue weighted by molar-refractivity contribution is 4.71. The van der Waals surface area contributed by atoms with Gasteiger partial charge < -0.3 is 0 Å². The average Bonchev–Trinajstić information content (AvgIpc) is 2.05. The lowest BCUT2D eigenvalue weighted by Crippen LogP contribution is -2.41. The van der Waals surface area contributed by atoms with Gasteiger partial charge in [-0.1, -0.05) is 26.2 Å². The monoisotopic (exact) mass is 142 g/mol. The van der Waals surface area contributed by atoms with Crippen molar-refractivity contribution in [2.24, 2.45) is 5.84 Å². The molecule has 1 aliphatic rings. The summed E-state index contributed by atoms with van der Waals surface area (Å²) in [6.07, 6.45) is 6.78. The molecule has 0 unspecified atom stereocenters. The Balaban J connectivity index is 2.24. The Morgan fingerprint density at radius 1 is 1.30 bits per heavy atom. The number of hydrogen-bond donors (Lipinski definition) is 1. The van der Waals surface area contributed by atoms with Gasteiger partial charge in [-0.15, -0.1) is 0 Å². The molecule has 0 saturated heterocycles. The highest BCUT2D eigenvalue weighted by atomic mass is 15.4. The van der Waals surface area contributed by atoms with Crippen LogP contribution in [0.2, 0.25) is 0 Å². The molecule has 1 fully saturated rings. The first-order valence-electron chi connectivity index (χ1n) is 4.36. The van der Waals surface area contributed by atoms with E-state index in [1.165, 1.54) is 32.1 Å². The lowest BCUT2D eigenvalue weighted by atomic mass is 9.95. The summed E-state index contributed by atoms with van der Waals surface area (Å²) in [5.41, 5.74) is 0. The maximum Gasteiger partial charge on any atom is 0.0241 e. The van der Waals surface area contributed by atoms with E-state index in [0.717, 1.165) is 6.54 Å². The highest BCUT2D eigenvalue weighted by Crippen LogP contribution is 2.20. The summed E-state index contributed by atoms with van der Waals surface area (Å²) in [6, 6.07) is 0.679. The van der Waals surface area contributed by atoms with Crippen LogP contribution in [0.3, 0.4) is 0 Å². The van der Waals surface area contributed by atoms with E-state index in [0.29, 0.717) is 6.04 Å². The normalized spacial score (nSPS) is 21.9. The molecule has 0 bridgehead atoms. The molecule has 2 heteroatoms. The fourth-order valence-corrected chi connectivity index (χ4v) is 1.67. The highest BCUT2D eigenvalue weighted by Gasteiger charge is 2.16. The van der Waals surface area contributed by atoms with Gasteiger partial charge in [0.25, 0.3) is 0 Å². The molecule has 1 aliphatic carbocycles. The van der Waals surface area contributed by atoms with Gasteiger partial charge in [-0.3, -0.25) is 5.84 Å². The van der Waals surface area contributed by atoms with E-state index in [9.17, 15) is 0 Å². The number of nitrogens with two attached hydrogens (primary N) is 1. The molecule has 60 valence electrons. The van der Waals surface area contributed by atoms with Crippen molar-refractivity contribution < 1.29 is 0 Å². The zero-order chi connectivity index (χ0) is 7.40. The molecule has 0 amide bonds. The van der Waals surface area contributed by atoms with Crippen LogP contribution in [0.15, 0.2) is 0 Å². The molecule has 2 nitrogen and oxygen atoms in total. The molecule has 0 radical (unpaired) electrons. The molecular weight excluding hydrogens is 124 g/mol. The van der Waals surface area contributed by atoms with E-state index >= 15 is 0 Å². The van der Waals surface area contributed by atoms with Crippen molar-refractivity contribution >= 4 is 0 Å². The number of hydrazine groups is 1. The van der Waals surface area contributed by atoms with E-state index in [4.69, 9.17) is 5.84 Å². The Hall–Kier alpha value is -0.0800. The van der Waals surface area contributed by atoms with Crippen molar-refractivity contribution in [1.29, 1.82) is 0 Å². The van der Waals surface area contributed by atoms with E-state index in [1.54, 1.807) is 0 Å². The molecule has 0 aromatic carbocycles. The minimum atomic E-state index is 0.679. The molecule has 0 aliphatic heterocycles. The maximum atomic E-state index is 5.78. The second-order valence-corrected chi connectivity index (χ2v) is 3.12. The van der Waals surface area contributed by atoms with E-state index in [-0.39, 0.29) is 0 Å². The van der Waals surface area contributed by atoms with Gasteiger partial charge in [-0.2, -0.15) is 0 Å². The lowest BCUT2D eigenvalue weighted by molar-refractivity contribution is 0.166. The average molecular weight is 142 g/mol. The van der Waals surface area contributed by atoms with Gasteiger partial charge in [0.1, 0.15) is 0 Å². The summed E-state index contributed by atoms with van der Waals surface area (Å²) in [4.78, 5) is 0. The van der Waals surface area contributed by atoms with Crippen LogP contribution >= 0.6 is 0 Å². The SMILES string of the molecule is CCN(N)C1CCCCC1. The smallest absolute Gasteiger partial charge is 0.0241 e. The quantitative estimate of drug-likeness (QED) is 0.468. The Kier molecular flexibility index (Phi) is 3.16. The summed E-state index contributed by atoms with van der Waals surface area (Å²) in [6.45, 7) is 3.11. The van der Waals surface area contributed by atoms with Crippen molar-refractivity contribution in [3.05, 3.63) is 0 Å². The van der Waals surface area contributed by atoms with Gasteiger partial charge in [0, 0.05) is 12.6 Å². The van der Waals surface area contributed by atoms with Crippen LogP contribution in [0.4, 0.5) is 0 Å². The first-order valence-corrected chi connectivity index (χ1v) is 4.36. The third kappa shape index (κ3) is 1.96. The topological polar surface area (TPSA) is 29.3 Å². The zero-order valence-electron chi connectivity index (χ0n) is 6.84. The van der Waals surface area contributed by atoms with Gasteiger partial charge in [0.15, 0.2) is 0 Å². The van der Waals surface area contributed by atoms with Gasteiger partial charge in [0.2, 0.25) is 0 Å². The predicted octanol–water partition coefficient (Wildman–Crippen LogP) is 1.51. The molecule has 10 heavy (non-hydrogen) atoms. The molecule has 0 aromatic heterocycles. The minimum Gasteiger partial charge on any atom is -0.269 e. The number of hydrogen-bond acceptors (Lipinski definition) is 2. The van der Waals surface area contributed by atoms with Crippen molar-refractivity contribution in [1.82, 2.24) is 5.01 Å². The Bertz CT molecular complexity index is 87.3. The summed E-state index contributed by atoms with van der Waals surface area (Å²) in [7, 11) is 0. The fourth-order valence-electron chi connectivity index (χ4n) is 1.67. The van der Waals surface area contributed by atoms with Crippen molar-refractivity contribution in [2.75, 3.05) is 6.54 Å². The van der Waals surface area contributed by atoms with Gasteiger partial charge in [-0.25, -0.2) is 5.01 Å². The Morgan fingerprint density at radius 3 is 2.40 bits per heavy atom. The van der Waals surface area contributed by atoms with E-state index in [2.05, 4.69) is 6.92 Å². The van der Waals surface area contributed by atoms with Crippen molar-refractivity contribution in [3.63, 3.8) is 0 Å². The van der Waals surface area contributed by atoms with Crippen LogP contribution in [-0.2, 0) is 0 Å². The first kappa shape index (κ1) is 8.02. The fraction of sp³-hybridized carbons (Fsp3) is 1.00. The van der Waals surface area contributed by atoms with Crippen LogP contribution in [0, 0.1) is 0 Å². The Morgan fingerprint density at radius 2 is 1.90 bits per heavy atom. The van der Waals surface area contributed by atoms with Crippen LogP contribution in [0.25, 0.3) is 0 Å². The number of rotatable bonds is 2. The second-order valence-electron chi connectivity index (χ2n) is 3.12. The van der Waals surface area contributed by atoms with Crippen LogP contribution in [-0.4, -0.2) is 17.6 Å². The molecular formula is C8H18N2. The lowest BCUT2D eigenvalue weighted by Gasteiger charge is -2.29. The van der Waals surface area contributed by atoms with Gasteiger partial charge >= 0.3 is 0 Å². The van der Waals surface area contributed by atoms with Crippen molar-refractivity contribution in [3.8, 4) is 0 Å². The maximum absolute atomic E-state index is 5.78. The van der Waals surface area contributed by atoms with Crippen molar-refractivity contribution in [2.45, 2.75) is 45.1 Å². The summed E-state index contributed by atoms with van der Waals surface area (Å²) < 4.78 is 0. The molecule has 0 atom stereocenters. The molecule has 1 saturated carbocycles. The van der Waals surface area contributed by atoms with Crippen LogP contribution in [0.5, 0.6) is 0 Å².